The van der Waals surface area contributed by atoms with Gasteiger partial charge in [-0.05, 0) is 50.5 Å². The minimum absolute atomic E-state index is 0.0738. The van der Waals surface area contributed by atoms with E-state index < -0.39 is 0 Å². The second-order valence-corrected chi connectivity index (χ2v) is 8.38. The number of aryl methyl sites for hydroxylation is 2. The van der Waals surface area contributed by atoms with Gasteiger partial charge < -0.3 is 14.6 Å². The molecular weight excluding hydrogens is 391 g/mol. The normalized spacial score (nSPS) is 14.9. The summed E-state index contributed by atoms with van der Waals surface area (Å²) in [6.45, 7) is 5.29. The highest BCUT2D eigenvalue weighted by Crippen LogP contribution is 2.26. The zero-order valence-electron chi connectivity index (χ0n) is 16.4. The molecule has 2 aromatic heterocycles. The van der Waals surface area contributed by atoms with Crippen LogP contribution in [0.4, 0.5) is 9.52 Å². The monoisotopic (exact) mass is 414 g/mol. The lowest BCUT2D eigenvalue weighted by atomic mass is 10.0. The third kappa shape index (κ3) is 4.64. The number of rotatable bonds is 5. The first-order valence-electron chi connectivity index (χ1n) is 9.67. The van der Waals surface area contributed by atoms with Gasteiger partial charge in [-0.2, -0.15) is 0 Å². The van der Waals surface area contributed by atoms with E-state index in [9.17, 15) is 9.18 Å². The highest BCUT2D eigenvalue weighted by atomic mass is 32.1. The van der Waals surface area contributed by atoms with Crippen molar-refractivity contribution in [2.75, 3.05) is 18.0 Å². The Morgan fingerprint density at radius 3 is 2.62 bits per heavy atom. The fraction of sp³-hybridized carbons (Fsp3) is 0.381. The number of carbonyl (C=O) groups is 1. The summed E-state index contributed by atoms with van der Waals surface area (Å²) in [6, 6.07) is 8.39. The number of nitrogens with one attached hydrogen (secondary N) is 1. The Morgan fingerprint density at radius 1 is 1.24 bits per heavy atom. The van der Waals surface area contributed by atoms with Gasteiger partial charge in [-0.15, -0.1) is 10.2 Å². The third-order valence-corrected chi connectivity index (χ3v) is 6.10. The SMILES string of the molecule is Cc1cc(C(=O)NC2CCN(c3nnc(Cc4ccc(F)cc4)s3)CC2)c(C)o1. The van der Waals surface area contributed by atoms with Gasteiger partial charge in [0.1, 0.15) is 22.3 Å². The van der Waals surface area contributed by atoms with Crippen molar-refractivity contribution in [3.63, 3.8) is 0 Å². The van der Waals surface area contributed by atoms with Crippen molar-refractivity contribution in [3.8, 4) is 0 Å². The summed E-state index contributed by atoms with van der Waals surface area (Å²) < 4.78 is 18.5. The minimum atomic E-state index is -0.236. The molecule has 6 nitrogen and oxygen atoms in total. The van der Waals surface area contributed by atoms with Crippen molar-refractivity contribution in [3.05, 3.63) is 63.8 Å². The smallest absolute Gasteiger partial charge is 0.255 e. The number of amides is 1. The van der Waals surface area contributed by atoms with E-state index in [1.54, 1.807) is 29.5 Å². The summed E-state index contributed by atoms with van der Waals surface area (Å²) in [4.78, 5) is 14.7. The van der Waals surface area contributed by atoms with Gasteiger partial charge in [0.2, 0.25) is 5.13 Å². The molecule has 1 fully saturated rings. The van der Waals surface area contributed by atoms with E-state index in [-0.39, 0.29) is 17.8 Å². The van der Waals surface area contributed by atoms with Gasteiger partial charge >= 0.3 is 0 Å². The maximum absolute atomic E-state index is 13.0. The number of aromatic nitrogens is 2. The molecule has 29 heavy (non-hydrogen) atoms. The number of piperidine rings is 1. The number of hydrogen-bond donors (Lipinski definition) is 1. The first-order valence-corrected chi connectivity index (χ1v) is 10.5. The van der Waals surface area contributed by atoms with E-state index >= 15 is 0 Å². The summed E-state index contributed by atoms with van der Waals surface area (Å²) in [5.41, 5.74) is 1.62. The largest absolute Gasteiger partial charge is 0.466 e. The maximum atomic E-state index is 13.0. The Balaban J connectivity index is 1.30. The summed E-state index contributed by atoms with van der Waals surface area (Å²) >= 11 is 1.57. The van der Waals surface area contributed by atoms with Gasteiger partial charge in [0.05, 0.1) is 5.56 Å². The lowest BCUT2D eigenvalue weighted by Crippen LogP contribution is -2.44. The lowest BCUT2D eigenvalue weighted by molar-refractivity contribution is 0.0929. The number of benzene rings is 1. The second kappa shape index (κ2) is 8.32. The Morgan fingerprint density at radius 2 is 1.97 bits per heavy atom. The number of furan rings is 1. The molecule has 0 bridgehead atoms. The molecule has 1 aliphatic heterocycles. The first kappa shape index (κ1) is 19.6. The van der Waals surface area contributed by atoms with Crippen LogP contribution < -0.4 is 10.2 Å². The summed E-state index contributed by atoms with van der Waals surface area (Å²) in [5, 5.41) is 13.5. The predicted molar refractivity (Wildman–Crippen MR) is 110 cm³/mol. The molecule has 4 rings (SSSR count). The van der Waals surface area contributed by atoms with E-state index in [1.807, 2.05) is 13.8 Å². The van der Waals surface area contributed by atoms with E-state index in [1.165, 1.54) is 12.1 Å². The third-order valence-electron chi connectivity index (χ3n) is 5.11. The molecule has 1 aliphatic rings. The van der Waals surface area contributed by atoms with Gasteiger partial charge in [0.25, 0.3) is 5.91 Å². The van der Waals surface area contributed by atoms with Crippen LogP contribution in [0.5, 0.6) is 0 Å². The number of carbonyl (C=O) groups excluding carboxylic acids is 1. The molecule has 1 aromatic carbocycles. The Kier molecular flexibility index (Phi) is 5.62. The van der Waals surface area contributed by atoms with Gasteiger partial charge in [-0.3, -0.25) is 4.79 Å². The van der Waals surface area contributed by atoms with Crippen LogP contribution in [0.15, 0.2) is 34.7 Å². The standard InChI is InChI=1S/C21H23FN4O2S/c1-13-11-18(14(2)28-13)20(27)23-17-7-9-26(10-8-17)21-25-24-19(29-21)12-15-3-5-16(22)6-4-15/h3-6,11,17H,7-10,12H2,1-2H3,(H,23,27). The van der Waals surface area contributed by atoms with Gasteiger partial charge in [0, 0.05) is 25.6 Å². The van der Waals surface area contributed by atoms with Crippen LogP contribution in [0, 0.1) is 19.7 Å². The van der Waals surface area contributed by atoms with Crippen molar-refractivity contribution < 1.29 is 13.6 Å². The Hall–Kier alpha value is -2.74. The molecule has 0 unspecified atom stereocenters. The number of anilines is 1. The van der Waals surface area contributed by atoms with Gasteiger partial charge in [0.15, 0.2) is 0 Å². The molecule has 1 amide bonds. The van der Waals surface area contributed by atoms with Crippen LogP contribution in [-0.2, 0) is 6.42 Å². The summed E-state index contributed by atoms with van der Waals surface area (Å²) in [5.74, 6) is 1.09. The number of hydrogen-bond acceptors (Lipinski definition) is 6. The number of nitrogens with zero attached hydrogens (tertiary/aromatic N) is 3. The maximum Gasteiger partial charge on any atom is 0.255 e. The zero-order valence-corrected chi connectivity index (χ0v) is 17.3. The fourth-order valence-electron chi connectivity index (χ4n) is 3.56. The second-order valence-electron chi connectivity index (χ2n) is 7.34. The van der Waals surface area contributed by atoms with Crippen molar-refractivity contribution in [1.29, 1.82) is 0 Å². The molecular formula is C21H23FN4O2S. The van der Waals surface area contributed by atoms with Crippen LogP contribution in [0.3, 0.4) is 0 Å². The summed E-state index contributed by atoms with van der Waals surface area (Å²) in [6.07, 6.45) is 2.36. The molecule has 3 aromatic rings. The van der Waals surface area contributed by atoms with Crippen LogP contribution in [-0.4, -0.2) is 35.2 Å². The van der Waals surface area contributed by atoms with E-state index in [4.69, 9.17) is 4.42 Å². The molecule has 1 saturated heterocycles. The molecule has 152 valence electrons. The fourth-order valence-corrected chi connectivity index (χ4v) is 4.48. The molecule has 0 radical (unpaired) electrons. The molecule has 0 aliphatic carbocycles. The van der Waals surface area contributed by atoms with Crippen molar-refractivity contribution >= 4 is 22.4 Å². The van der Waals surface area contributed by atoms with Gasteiger partial charge in [-0.1, -0.05) is 23.5 Å². The topological polar surface area (TPSA) is 71.3 Å². The van der Waals surface area contributed by atoms with E-state index in [0.29, 0.717) is 17.7 Å². The quantitative estimate of drug-likeness (QED) is 0.686. The Labute approximate surface area is 172 Å². The van der Waals surface area contributed by atoms with Crippen molar-refractivity contribution in [2.45, 2.75) is 39.2 Å². The summed E-state index contributed by atoms with van der Waals surface area (Å²) in [7, 11) is 0. The number of halogens is 1. The molecule has 0 saturated carbocycles. The van der Waals surface area contributed by atoms with E-state index in [2.05, 4.69) is 20.4 Å². The first-order chi connectivity index (χ1) is 14.0. The van der Waals surface area contributed by atoms with Crippen LogP contribution in [0.1, 0.15) is 45.3 Å². The molecule has 0 atom stereocenters. The van der Waals surface area contributed by atoms with Crippen molar-refractivity contribution in [1.82, 2.24) is 15.5 Å². The highest BCUT2D eigenvalue weighted by molar-refractivity contribution is 7.15. The van der Waals surface area contributed by atoms with Crippen LogP contribution >= 0.6 is 11.3 Å². The average Bonchev–Trinajstić information content (AvgIpc) is 3.30. The predicted octanol–water partition coefficient (Wildman–Crippen LogP) is 3.88. The molecule has 3 heterocycles. The molecule has 8 heteroatoms. The minimum Gasteiger partial charge on any atom is -0.466 e. The van der Waals surface area contributed by atoms with Crippen molar-refractivity contribution in [2.24, 2.45) is 0 Å². The average molecular weight is 415 g/mol. The highest BCUT2D eigenvalue weighted by Gasteiger charge is 2.24. The van der Waals surface area contributed by atoms with Crippen LogP contribution in [0.2, 0.25) is 0 Å². The Bertz CT molecular complexity index is 991. The van der Waals surface area contributed by atoms with Crippen LogP contribution in [0.25, 0.3) is 0 Å². The lowest BCUT2D eigenvalue weighted by Gasteiger charge is -2.31. The van der Waals surface area contributed by atoms with Gasteiger partial charge in [-0.25, -0.2) is 4.39 Å². The molecule has 0 spiro atoms. The molecule has 1 N–H and O–H groups in total. The zero-order chi connectivity index (χ0) is 20.4. The van der Waals surface area contributed by atoms with E-state index in [0.717, 1.165) is 47.4 Å².